The van der Waals surface area contributed by atoms with E-state index in [1.165, 1.54) is 43.5 Å². The van der Waals surface area contributed by atoms with Crippen LogP contribution in [0.25, 0.3) is 11.4 Å². The van der Waals surface area contributed by atoms with Gasteiger partial charge in [0.25, 0.3) is 5.91 Å². The Balaban J connectivity index is 1.49. The molecule has 2 heterocycles. The summed E-state index contributed by atoms with van der Waals surface area (Å²) >= 11 is 0. The molecule has 2 N–H and O–H groups in total. The van der Waals surface area contributed by atoms with E-state index in [4.69, 9.17) is 4.74 Å². The zero-order valence-corrected chi connectivity index (χ0v) is 14.8. The number of hydrogen-bond donors (Lipinski definition) is 2. The molecule has 0 radical (unpaired) electrons. The monoisotopic (exact) mass is 406 g/mol. The SMILES string of the molecule is COc1ccc(F)cc1-c1n[nH]c(CNC(=O)c2cccc3c2OC(F)(F)O3)n1. The average Bonchev–Trinajstić information content (AvgIpc) is 3.28. The predicted octanol–water partition coefficient (Wildman–Crippen LogP) is 2.87. The fourth-order valence-corrected chi connectivity index (χ4v) is 2.76. The third-order valence-corrected chi connectivity index (χ3v) is 4.02. The lowest BCUT2D eigenvalue weighted by Gasteiger charge is -2.07. The Kier molecular flexibility index (Phi) is 4.49. The van der Waals surface area contributed by atoms with Crippen LogP contribution in [0, 0.1) is 5.82 Å². The number of carbonyl (C=O) groups is 1. The van der Waals surface area contributed by atoms with Crippen LogP contribution in [0.2, 0.25) is 0 Å². The molecule has 0 spiro atoms. The minimum atomic E-state index is -3.83. The van der Waals surface area contributed by atoms with Gasteiger partial charge in [-0.25, -0.2) is 9.37 Å². The standard InChI is InChI=1S/C18H13F3N4O4/c1-27-12-6-5-9(19)7-11(12)16-23-14(24-25-16)8-22-17(26)10-3-2-4-13-15(10)29-18(20,21)28-13/h2-7H,8H2,1H3,(H,22,26)(H,23,24,25). The quantitative estimate of drug-likeness (QED) is 0.676. The molecule has 8 nitrogen and oxygen atoms in total. The van der Waals surface area contributed by atoms with E-state index in [0.29, 0.717) is 11.3 Å². The number of para-hydroxylation sites is 1. The first kappa shape index (κ1) is 18.6. The number of aromatic amines is 1. The number of nitrogens with zero attached hydrogens (tertiary/aromatic N) is 2. The molecule has 0 unspecified atom stereocenters. The van der Waals surface area contributed by atoms with Crippen LogP contribution in [0.1, 0.15) is 16.2 Å². The zero-order valence-electron chi connectivity index (χ0n) is 14.8. The number of rotatable bonds is 5. The van der Waals surface area contributed by atoms with Gasteiger partial charge in [-0.15, -0.1) is 8.78 Å². The Morgan fingerprint density at radius 2 is 2.10 bits per heavy atom. The lowest BCUT2D eigenvalue weighted by Crippen LogP contribution is -2.27. The number of carbonyl (C=O) groups excluding carboxylic acids is 1. The number of benzene rings is 2. The van der Waals surface area contributed by atoms with Crippen molar-refractivity contribution in [1.82, 2.24) is 20.5 Å². The van der Waals surface area contributed by atoms with E-state index in [9.17, 15) is 18.0 Å². The molecule has 1 amide bonds. The first-order valence-corrected chi connectivity index (χ1v) is 8.28. The molecule has 0 atom stereocenters. The fourth-order valence-electron chi connectivity index (χ4n) is 2.76. The van der Waals surface area contributed by atoms with Gasteiger partial charge in [0, 0.05) is 0 Å². The van der Waals surface area contributed by atoms with Crippen molar-refractivity contribution in [2.24, 2.45) is 0 Å². The maximum absolute atomic E-state index is 13.5. The highest BCUT2D eigenvalue weighted by Gasteiger charge is 2.45. The molecule has 1 aromatic heterocycles. The Hall–Kier alpha value is -3.76. The van der Waals surface area contributed by atoms with Crippen molar-refractivity contribution in [2.45, 2.75) is 12.8 Å². The smallest absolute Gasteiger partial charge is 0.496 e. The molecule has 0 aliphatic carbocycles. The topological polar surface area (TPSA) is 98.4 Å². The molecule has 1 aliphatic heterocycles. The molecule has 11 heteroatoms. The Bertz CT molecular complexity index is 1090. The van der Waals surface area contributed by atoms with Crippen LogP contribution in [-0.4, -0.2) is 34.5 Å². The Labute approximate surface area is 161 Å². The van der Waals surface area contributed by atoms with E-state index in [2.05, 4.69) is 30.0 Å². The van der Waals surface area contributed by atoms with Crippen LogP contribution in [0.4, 0.5) is 13.2 Å². The van der Waals surface area contributed by atoms with E-state index in [0.717, 1.165) is 0 Å². The maximum Gasteiger partial charge on any atom is 0.586 e. The molecule has 0 fully saturated rings. The van der Waals surface area contributed by atoms with Crippen molar-refractivity contribution in [3.63, 3.8) is 0 Å². The van der Waals surface area contributed by atoms with Crippen LogP contribution >= 0.6 is 0 Å². The number of nitrogens with one attached hydrogen (secondary N) is 2. The van der Waals surface area contributed by atoms with Gasteiger partial charge >= 0.3 is 6.29 Å². The highest BCUT2D eigenvalue weighted by molar-refractivity contribution is 5.97. The van der Waals surface area contributed by atoms with Gasteiger partial charge in [-0.1, -0.05) is 6.07 Å². The fraction of sp³-hybridized carbons (Fsp3) is 0.167. The Morgan fingerprint density at radius 3 is 2.90 bits per heavy atom. The number of H-pyrrole nitrogens is 1. The number of halogens is 3. The number of alkyl halides is 2. The van der Waals surface area contributed by atoms with Gasteiger partial charge in [0.2, 0.25) is 0 Å². The van der Waals surface area contributed by atoms with Gasteiger partial charge in [0.05, 0.1) is 24.8 Å². The molecule has 4 rings (SSSR count). The molecule has 0 bridgehead atoms. The molecule has 29 heavy (non-hydrogen) atoms. The summed E-state index contributed by atoms with van der Waals surface area (Å²) in [6, 6.07) is 7.88. The summed E-state index contributed by atoms with van der Waals surface area (Å²) in [5, 5.41) is 9.12. The highest BCUT2D eigenvalue weighted by atomic mass is 19.3. The van der Waals surface area contributed by atoms with Crippen molar-refractivity contribution in [3.8, 4) is 28.6 Å². The molecule has 0 saturated carbocycles. The largest absolute Gasteiger partial charge is 0.586 e. The maximum atomic E-state index is 13.5. The van der Waals surface area contributed by atoms with Crippen LogP contribution in [-0.2, 0) is 6.54 Å². The predicted molar refractivity (Wildman–Crippen MR) is 92.1 cm³/mol. The molecule has 2 aromatic carbocycles. The summed E-state index contributed by atoms with van der Waals surface area (Å²) in [4.78, 5) is 16.6. The van der Waals surface area contributed by atoms with E-state index in [1.54, 1.807) is 0 Å². The second-order valence-corrected chi connectivity index (χ2v) is 5.93. The van der Waals surface area contributed by atoms with E-state index < -0.39 is 18.0 Å². The summed E-state index contributed by atoms with van der Waals surface area (Å²) in [5.41, 5.74) is 0.209. The third-order valence-electron chi connectivity index (χ3n) is 4.02. The van der Waals surface area contributed by atoms with Gasteiger partial charge < -0.3 is 19.5 Å². The van der Waals surface area contributed by atoms with Crippen LogP contribution < -0.4 is 19.5 Å². The number of aromatic nitrogens is 3. The van der Waals surface area contributed by atoms with Crippen molar-refractivity contribution in [1.29, 1.82) is 0 Å². The summed E-state index contributed by atoms with van der Waals surface area (Å²) < 4.78 is 53.9. The average molecular weight is 406 g/mol. The third kappa shape index (κ3) is 3.66. The molecule has 150 valence electrons. The van der Waals surface area contributed by atoms with Crippen molar-refractivity contribution >= 4 is 5.91 Å². The molecular formula is C18H13F3N4O4. The number of hydrogen-bond acceptors (Lipinski definition) is 6. The normalized spacial score (nSPS) is 13.9. The summed E-state index contributed by atoms with van der Waals surface area (Å²) in [6.07, 6.45) is -3.83. The van der Waals surface area contributed by atoms with Gasteiger partial charge in [-0.05, 0) is 30.3 Å². The molecule has 1 aliphatic rings. The van der Waals surface area contributed by atoms with Gasteiger partial charge in [-0.3, -0.25) is 9.89 Å². The van der Waals surface area contributed by atoms with Crippen molar-refractivity contribution in [2.75, 3.05) is 7.11 Å². The highest BCUT2D eigenvalue weighted by Crippen LogP contribution is 2.43. The van der Waals surface area contributed by atoms with Gasteiger partial charge in [-0.2, -0.15) is 5.10 Å². The van der Waals surface area contributed by atoms with Crippen LogP contribution in [0.5, 0.6) is 17.2 Å². The Morgan fingerprint density at radius 1 is 1.28 bits per heavy atom. The molecule has 3 aromatic rings. The zero-order chi connectivity index (χ0) is 20.6. The lowest BCUT2D eigenvalue weighted by atomic mass is 10.1. The van der Waals surface area contributed by atoms with E-state index in [-0.39, 0.29) is 35.3 Å². The van der Waals surface area contributed by atoms with Gasteiger partial charge in [0.15, 0.2) is 17.3 Å². The minimum Gasteiger partial charge on any atom is -0.496 e. The van der Waals surface area contributed by atoms with Gasteiger partial charge in [0.1, 0.15) is 17.4 Å². The number of fused-ring (bicyclic) bond motifs is 1. The van der Waals surface area contributed by atoms with Crippen LogP contribution in [0.3, 0.4) is 0 Å². The second-order valence-electron chi connectivity index (χ2n) is 5.93. The molecular weight excluding hydrogens is 393 g/mol. The number of amides is 1. The lowest BCUT2D eigenvalue weighted by molar-refractivity contribution is -0.286. The summed E-state index contributed by atoms with van der Waals surface area (Å²) in [5.74, 6) is -0.946. The van der Waals surface area contributed by atoms with E-state index in [1.807, 2.05) is 0 Å². The summed E-state index contributed by atoms with van der Waals surface area (Å²) in [7, 11) is 1.43. The van der Waals surface area contributed by atoms with E-state index >= 15 is 0 Å². The van der Waals surface area contributed by atoms with Crippen molar-refractivity contribution < 1.29 is 32.2 Å². The number of ether oxygens (including phenoxy) is 3. The first-order valence-electron chi connectivity index (χ1n) is 8.28. The first-order chi connectivity index (χ1) is 13.9. The van der Waals surface area contributed by atoms with Crippen LogP contribution in [0.15, 0.2) is 36.4 Å². The summed E-state index contributed by atoms with van der Waals surface area (Å²) in [6.45, 7) is -0.0929. The second kappa shape index (κ2) is 7.00. The number of methoxy groups -OCH3 is 1. The minimum absolute atomic E-state index is 0.0929. The molecule has 0 saturated heterocycles. The van der Waals surface area contributed by atoms with Crippen molar-refractivity contribution in [3.05, 3.63) is 53.6 Å².